The van der Waals surface area contributed by atoms with Crippen molar-refractivity contribution in [2.24, 2.45) is 0 Å². The number of fused-ring (bicyclic) bond motifs is 1. The van der Waals surface area contributed by atoms with Crippen LogP contribution in [-0.2, 0) is 4.74 Å². The Hall–Kier alpha value is -3.13. The fourth-order valence-electron chi connectivity index (χ4n) is 3.32. The summed E-state index contributed by atoms with van der Waals surface area (Å²) < 4.78 is 7.46. The lowest BCUT2D eigenvalue weighted by Crippen LogP contribution is -2.46. The highest BCUT2D eigenvalue weighted by molar-refractivity contribution is 5.76. The second kappa shape index (κ2) is 6.30. The molecule has 2 aromatic heterocycles. The second-order valence-corrected chi connectivity index (χ2v) is 6.34. The summed E-state index contributed by atoms with van der Waals surface area (Å²) in [6.45, 7) is 2.54. The first-order valence-corrected chi connectivity index (χ1v) is 8.31. The third-order valence-corrected chi connectivity index (χ3v) is 4.66. The molecule has 2 atom stereocenters. The van der Waals surface area contributed by atoms with Crippen LogP contribution in [0.5, 0.6) is 0 Å². The second-order valence-electron chi connectivity index (χ2n) is 6.34. The van der Waals surface area contributed by atoms with Crippen molar-refractivity contribution in [3.05, 3.63) is 58.8 Å². The van der Waals surface area contributed by atoms with Gasteiger partial charge >= 0.3 is 6.09 Å². The van der Waals surface area contributed by atoms with Crippen molar-refractivity contribution < 1.29 is 14.6 Å². The van der Waals surface area contributed by atoms with E-state index < -0.39 is 6.09 Å². The lowest BCUT2D eigenvalue weighted by molar-refractivity contribution is -0.0465. The number of hydrogen-bond acceptors (Lipinski definition) is 4. The lowest BCUT2D eigenvalue weighted by atomic mass is 10.0. The Morgan fingerprint density at radius 2 is 2.08 bits per heavy atom. The molecular formula is C18H18N4O4. The van der Waals surface area contributed by atoms with E-state index in [9.17, 15) is 14.7 Å². The molecular weight excluding hydrogens is 336 g/mol. The molecule has 26 heavy (non-hydrogen) atoms. The van der Waals surface area contributed by atoms with Gasteiger partial charge in [0.15, 0.2) is 5.65 Å². The minimum absolute atomic E-state index is 0.114. The Morgan fingerprint density at radius 1 is 1.31 bits per heavy atom. The van der Waals surface area contributed by atoms with E-state index in [-0.39, 0.29) is 17.7 Å². The molecule has 1 aromatic carbocycles. The molecule has 3 aromatic rings. The van der Waals surface area contributed by atoms with E-state index in [1.54, 1.807) is 12.3 Å². The molecule has 0 unspecified atom stereocenters. The van der Waals surface area contributed by atoms with Crippen LogP contribution in [0.2, 0.25) is 0 Å². The van der Waals surface area contributed by atoms with Gasteiger partial charge in [-0.25, -0.2) is 9.78 Å². The van der Waals surface area contributed by atoms with Crippen molar-refractivity contribution in [2.45, 2.75) is 19.1 Å². The molecule has 1 amide bonds. The number of benzene rings is 1. The van der Waals surface area contributed by atoms with Crippen LogP contribution in [0, 0.1) is 0 Å². The van der Waals surface area contributed by atoms with Crippen molar-refractivity contribution in [3.8, 4) is 5.69 Å². The molecule has 8 heteroatoms. The van der Waals surface area contributed by atoms with Gasteiger partial charge in [0, 0.05) is 11.9 Å². The Bertz CT molecular complexity index is 1010. The summed E-state index contributed by atoms with van der Waals surface area (Å²) in [6.07, 6.45) is 2.10. The molecule has 1 saturated heterocycles. The number of ether oxygens (including phenoxy) is 1. The van der Waals surface area contributed by atoms with Crippen LogP contribution in [0.15, 0.2) is 47.7 Å². The SMILES string of the molecule is C[C@@H]1CN(C(=O)O)[C@@H](c2ccc(-n3ccc4c(=O)[nH]cnc43)cc2)CO1. The van der Waals surface area contributed by atoms with Crippen LogP contribution >= 0.6 is 0 Å². The van der Waals surface area contributed by atoms with Crippen LogP contribution < -0.4 is 5.56 Å². The number of aromatic amines is 1. The zero-order valence-electron chi connectivity index (χ0n) is 14.1. The first-order chi connectivity index (χ1) is 12.5. The van der Waals surface area contributed by atoms with Crippen molar-refractivity contribution in [1.82, 2.24) is 19.4 Å². The number of rotatable bonds is 2. The Labute approximate surface area is 148 Å². The summed E-state index contributed by atoms with van der Waals surface area (Å²) >= 11 is 0. The Morgan fingerprint density at radius 3 is 2.81 bits per heavy atom. The van der Waals surface area contributed by atoms with Crippen LogP contribution in [0.1, 0.15) is 18.5 Å². The van der Waals surface area contributed by atoms with Gasteiger partial charge in [0.1, 0.15) is 0 Å². The van der Waals surface area contributed by atoms with Gasteiger partial charge < -0.3 is 19.4 Å². The summed E-state index contributed by atoms with van der Waals surface area (Å²) in [5.74, 6) is 0. The molecule has 0 aliphatic carbocycles. The smallest absolute Gasteiger partial charge is 0.407 e. The molecule has 8 nitrogen and oxygen atoms in total. The van der Waals surface area contributed by atoms with E-state index in [0.717, 1.165) is 11.3 Å². The van der Waals surface area contributed by atoms with Gasteiger partial charge in [-0.15, -0.1) is 0 Å². The molecule has 0 spiro atoms. The number of hydrogen-bond donors (Lipinski definition) is 2. The van der Waals surface area contributed by atoms with Crippen molar-refractivity contribution in [2.75, 3.05) is 13.2 Å². The van der Waals surface area contributed by atoms with Crippen LogP contribution in [0.25, 0.3) is 16.7 Å². The van der Waals surface area contributed by atoms with Crippen LogP contribution in [0.3, 0.4) is 0 Å². The number of amides is 1. The predicted octanol–water partition coefficient (Wildman–Crippen LogP) is 2.15. The zero-order valence-corrected chi connectivity index (χ0v) is 14.1. The number of aromatic nitrogens is 3. The van der Waals surface area contributed by atoms with Crippen molar-refractivity contribution >= 4 is 17.1 Å². The highest BCUT2D eigenvalue weighted by Crippen LogP contribution is 2.27. The van der Waals surface area contributed by atoms with E-state index in [1.807, 2.05) is 35.8 Å². The molecule has 3 heterocycles. The molecule has 0 bridgehead atoms. The average Bonchev–Trinajstić information content (AvgIpc) is 3.07. The van der Waals surface area contributed by atoms with Gasteiger partial charge in [0.2, 0.25) is 0 Å². The van der Waals surface area contributed by atoms with E-state index in [2.05, 4.69) is 9.97 Å². The molecule has 1 aliphatic rings. The number of morpholine rings is 1. The molecule has 1 fully saturated rings. The highest BCUT2D eigenvalue weighted by atomic mass is 16.5. The molecule has 4 rings (SSSR count). The van der Waals surface area contributed by atoms with Crippen LogP contribution in [0.4, 0.5) is 4.79 Å². The van der Waals surface area contributed by atoms with Crippen LogP contribution in [-0.4, -0.2) is 49.9 Å². The van der Waals surface area contributed by atoms with Crippen molar-refractivity contribution in [3.63, 3.8) is 0 Å². The van der Waals surface area contributed by atoms with E-state index >= 15 is 0 Å². The molecule has 1 aliphatic heterocycles. The van der Waals surface area contributed by atoms with Crippen molar-refractivity contribution in [1.29, 1.82) is 0 Å². The summed E-state index contributed by atoms with van der Waals surface area (Å²) in [5.41, 5.74) is 2.10. The minimum atomic E-state index is -0.950. The predicted molar refractivity (Wildman–Crippen MR) is 94.6 cm³/mol. The Kier molecular flexibility index (Phi) is 3.96. The fraction of sp³-hybridized carbons (Fsp3) is 0.278. The summed E-state index contributed by atoms with van der Waals surface area (Å²) in [5, 5.41) is 9.98. The monoisotopic (exact) mass is 354 g/mol. The zero-order chi connectivity index (χ0) is 18.3. The third kappa shape index (κ3) is 2.74. The van der Waals surface area contributed by atoms with Gasteiger partial charge in [-0.1, -0.05) is 12.1 Å². The fourth-order valence-corrected chi connectivity index (χ4v) is 3.32. The summed E-state index contributed by atoms with van der Waals surface area (Å²) in [6, 6.07) is 8.92. The van der Waals surface area contributed by atoms with Gasteiger partial charge in [-0.2, -0.15) is 0 Å². The number of nitrogens with one attached hydrogen (secondary N) is 1. The van der Waals surface area contributed by atoms with E-state index in [1.165, 1.54) is 11.2 Å². The maximum Gasteiger partial charge on any atom is 0.407 e. The maximum absolute atomic E-state index is 11.8. The lowest BCUT2D eigenvalue weighted by Gasteiger charge is -2.37. The molecule has 2 N–H and O–H groups in total. The van der Waals surface area contributed by atoms with Gasteiger partial charge in [-0.3, -0.25) is 9.69 Å². The number of nitrogens with zero attached hydrogens (tertiary/aromatic N) is 3. The standard InChI is InChI=1S/C18H18N4O4/c1-11-8-22(18(24)25)15(9-26-11)12-2-4-13(5-3-12)21-7-6-14-16(21)19-10-20-17(14)23/h2-7,10-11,15H,8-9H2,1H3,(H,24,25)(H,19,20,23)/t11-,15-/m1/s1. The normalized spacial score (nSPS) is 20.4. The largest absolute Gasteiger partial charge is 0.465 e. The molecule has 134 valence electrons. The number of H-pyrrole nitrogens is 1. The first-order valence-electron chi connectivity index (χ1n) is 8.31. The molecule has 0 saturated carbocycles. The van der Waals surface area contributed by atoms with E-state index in [4.69, 9.17) is 4.74 Å². The average molecular weight is 354 g/mol. The van der Waals surface area contributed by atoms with E-state index in [0.29, 0.717) is 24.2 Å². The third-order valence-electron chi connectivity index (χ3n) is 4.66. The van der Waals surface area contributed by atoms with Gasteiger partial charge in [-0.05, 0) is 30.7 Å². The number of carboxylic acid groups (broad SMARTS) is 1. The summed E-state index contributed by atoms with van der Waals surface area (Å²) in [4.78, 5) is 31.6. The van der Waals surface area contributed by atoms with Gasteiger partial charge in [0.25, 0.3) is 5.56 Å². The number of carbonyl (C=O) groups is 1. The van der Waals surface area contributed by atoms with Gasteiger partial charge in [0.05, 0.1) is 37.0 Å². The maximum atomic E-state index is 11.8. The minimum Gasteiger partial charge on any atom is -0.465 e. The molecule has 0 radical (unpaired) electrons. The highest BCUT2D eigenvalue weighted by Gasteiger charge is 2.31. The topological polar surface area (TPSA) is 100 Å². The first kappa shape index (κ1) is 16.3. The quantitative estimate of drug-likeness (QED) is 0.734. The Balaban J connectivity index is 1.67. The summed E-state index contributed by atoms with van der Waals surface area (Å²) in [7, 11) is 0.